The standard InChI is InChI=1S/C13H14N2O5S/c1-6(13(17)18)4-7(16)12-15-10-9(21-12)5-8(19-2)11(14-10)20-3/h5-6H,4H2,1-3H3,(H,17,18)/t6-/m1/s1. The minimum absolute atomic E-state index is 0.0938. The Morgan fingerprint density at radius 2 is 2.05 bits per heavy atom. The molecule has 2 aromatic rings. The molecule has 0 spiro atoms. The highest BCUT2D eigenvalue weighted by atomic mass is 32.1. The number of nitrogens with zero attached hydrogens (tertiary/aromatic N) is 2. The second-order valence-corrected chi connectivity index (χ2v) is 5.44. The third-order valence-electron chi connectivity index (χ3n) is 2.88. The van der Waals surface area contributed by atoms with Gasteiger partial charge in [-0.15, -0.1) is 11.3 Å². The first-order chi connectivity index (χ1) is 9.96. The van der Waals surface area contributed by atoms with E-state index in [4.69, 9.17) is 14.6 Å². The topological polar surface area (TPSA) is 98.6 Å². The van der Waals surface area contributed by atoms with Crippen LogP contribution >= 0.6 is 11.3 Å². The molecule has 21 heavy (non-hydrogen) atoms. The van der Waals surface area contributed by atoms with Gasteiger partial charge in [0.25, 0.3) is 5.88 Å². The Hall–Kier alpha value is -2.22. The van der Waals surface area contributed by atoms with Crippen LogP contribution < -0.4 is 9.47 Å². The molecule has 0 fully saturated rings. The Balaban J connectivity index is 2.34. The van der Waals surface area contributed by atoms with E-state index < -0.39 is 11.9 Å². The summed E-state index contributed by atoms with van der Waals surface area (Å²) in [6, 6.07) is 1.69. The fourth-order valence-electron chi connectivity index (χ4n) is 1.69. The van der Waals surface area contributed by atoms with Gasteiger partial charge in [0.15, 0.2) is 22.2 Å². The highest BCUT2D eigenvalue weighted by Crippen LogP contribution is 2.32. The van der Waals surface area contributed by atoms with Crippen LogP contribution in [0.25, 0.3) is 10.3 Å². The van der Waals surface area contributed by atoms with Gasteiger partial charge >= 0.3 is 5.97 Å². The van der Waals surface area contributed by atoms with Crippen LogP contribution in [-0.2, 0) is 4.79 Å². The Kier molecular flexibility index (Phi) is 4.37. The van der Waals surface area contributed by atoms with Crippen LogP contribution in [0.2, 0.25) is 0 Å². The summed E-state index contributed by atoms with van der Waals surface area (Å²) in [5.41, 5.74) is 0.379. The number of hydrogen-bond donors (Lipinski definition) is 1. The molecule has 0 aliphatic carbocycles. The highest BCUT2D eigenvalue weighted by Gasteiger charge is 2.21. The average molecular weight is 310 g/mol. The van der Waals surface area contributed by atoms with Crippen molar-refractivity contribution in [3.05, 3.63) is 11.1 Å². The summed E-state index contributed by atoms with van der Waals surface area (Å²) in [5.74, 6) is -1.34. The summed E-state index contributed by atoms with van der Waals surface area (Å²) >= 11 is 1.16. The number of Topliss-reactive ketones (excluding diaryl/α,β-unsaturated/α-hetero) is 1. The Bertz CT molecular complexity index is 656. The van der Waals surface area contributed by atoms with Gasteiger partial charge in [-0.3, -0.25) is 9.59 Å². The minimum Gasteiger partial charge on any atom is -0.491 e. The molecule has 0 aromatic carbocycles. The molecule has 0 unspecified atom stereocenters. The van der Waals surface area contributed by atoms with Crippen molar-refractivity contribution in [1.29, 1.82) is 0 Å². The maximum atomic E-state index is 12.0. The van der Waals surface area contributed by atoms with Crippen molar-refractivity contribution >= 4 is 33.4 Å². The largest absolute Gasteiger partial charge is 0.491 e. The van der Waals surface area contributed by atoms with Crippen molar-refractivity contribution in [2.45, 2.75) is 13.3 Å². The number of rotatable bonds is 6. The third-order valence-corrected chi connectivity index (χ3v) is 3.91. The number of carboxylic acid groups (broad SMARTS) is 1. The molecular formula is C13H14N2O5S. The highest BCUT2D eigenvalue weighted by molar-refractivity contribution is 7.20. The fourth-order valence-corrected chi connectivity index (χ4v) is 2.58. The van der Waals surface area contributed by atoms with E-state index in [9.17, 15) is 9.59 Å². The van der Waals surface area contributed by atoms with Gasteiger partial charge in [0.2, 0.25) is 0 Å². The molecule has 0 bridgehead atoms. The van der Waals surface area contributed by atoms with Crippen molar-refractivity contribution in [3.63, 3.8) is 0 Å². The molecule has 7 nitrogen and oxygen atoms in total. The molecule has 0 aliphatic heterocycles. The first-order valence-electron chi connectivity index (χ1n) is 6.11. The molecule has 2 aromatic heterocycles. The van der Waals surface area contributed by atoms with Gasteiger partial charge in [-0.1, -0.05) is 6.92 Å². The van der Waals surface area contributed by atoms with Crippen LogP contribution in [0.4, 0.5) is 0 Å². The predicted molar refractivity (Wildman–Crippen MR) is 76.3 cm³/mol. The summed E-state index contributed by atoms with van der Waals surface area (Å²) < 4.78 is 10.9. The average Bonchev–Trinajstić information content (AvgIpc) is 2.88. The first kappa shape index (κ1) is 15.2. The molecule has 0 radical (unpaired) electrons. The first-order valence-corrected chi connectivity index (χ1v) is 6.93. The van der Waals surface area contributed by atoms with Gasteiger partial charge in [-0.25, -0.2) is 4.98 Å². The molecule has 0 saturated carbocycles. The quantitative estimate of drug-likeness (QED) is 0.815. The van der Waals surface area contributed by atoms with E-state index in [1.54, 1.807) is 6.07 Å². The van der Waals surface area contributed by atoms with E-state index in [1.165, 1.54) is 21.1 Å². The number of ether oxygens (including phenoxy) is 2. The minimum atomic E-state index is -1.01. The number of carboxylic acids is 1. The molecule has 112 valence electrons. The summed E-state index contributed by atoms with van der Waals surface area (Å²) in [7, 11) is 2.96. The summed E-state index contributed by atoms with van der Waals surface area (Å²) in [6.07, 6.45) is -0.0938. The van der Waals surface area contributed by atoms with Gasteiger partial charge < -0.3 is 14.6 Å². The fraction of sp³-hybridized carbons (Fsp3) is 0.385. The third kappa shape index (κ3) is 3.10. The van der Waals surface area contributed by atoms with Crippen molar-refractivity contribution in [1.82, 2.24) is 9.97 Å². The van der Waals surface area contributed by atoms with E-state index in [-0.39, 0.29) is 23.1 Å². The van der Waals surface area contributed by atoms with Crippen molar-refractivity contribution in [2.24, 2.45) is 5.92 Å². The van der Waals surface area contributed by atoms with Crippen molar-refractivity contribution in [2.75, 3.05) is 14.2 Å². The molecular weight excluding hydrogens is 296 g/mol. The molecule has 0 saturated heterocycles. The van der Waals surface area contributed by atoms with Gasteiger partial charge in [-0.05, 0) is 0 Å². The molecule has 0 amide bonds. The second kappa shape index (κ2) is 6.04. The van der Waals surface area contributed by atoms with E-state index >= 15 is 0 Å². The zero-order valence-corrected chi connectivity index (χ0v) is 12.6. The van der Waals surface area contributed by atoms with Gasteiger partial charge in [0, 0.05) is 12.5 Å². The number of aromatic nitrogens is 2. The number of methoxy groups -OCH3 is 2. The van der Waals surface area contributed by atoms with Crippen LogP contribution in [0.5, 0.6) is 11.6 Å². The van der Waals surface area contributed by atoms with Gasteiger partial charge in [-0.2, -0.15) is 4.98 Å². The number of pyridine rings is 1. The van der Waals surface area contributed by atoms with Gasteiger partial charge in [0.05, 0.1) is 24.8 Å². The van der Waals surface area contributed by atoms with Crippen LogP contribution in [0.3, 0.4) is 0 Å². The maximum Gasteiger partial charge on any atom is 0.306 e. The number of aliphatic carboxylic acids is 1. The zero-order valence-electron chi connectivity index (χ0n) is 11.7. The van der Waals surface area contributed by atoms with E-state index in [0.717, 1.165) is 11.3 Å². The number of hydrogen-bond acceptors (Lipinski definition) is 7. The summed E-state index contributed by atoms with van der Waals surface area (Å²) in [6.45, 7) is 1.48. The lowest BCUT2D eigenvalue weighted by Crippen LogP contribution is -2.14. The molecule has 8 heteroatoms. The lowest BCUT2D eigenvalue weighted by Gasteiger charge is -2.04. The molecule has 2 rings (SSSR count). The van der Waals surface area contributed by atoms with Gasteiger partial charge in [0.1, 0.15) is 0 Å². The lowest BCUT2D eigenvalue weighted by molar-refractivity contribution is -0.141. The Morgan fingerprint density at radius 1 is 1.33 bits per heavy atom. The normalized spacial score (nSPS) is 12.1. The van der Waals surface area contributed by atoms with Crippen molar-refractivity contribution < 1.29 is 24.2 Å². The maximum absolute atomic E-state index is 12.0. The summed E-state index contributed by atoms with van der Waals surface area (Å²) in [4.78, 5) is 31.1. The van der Waals surface area contributed by atoms with Crippen LogP contribution in [-0.4, -0.2) is 41.0 Å². The van der Waals surface area contributed by atoms with Crippen molar-refractivity contribution in [3.8, 4) is 11.6 Å². The second-order valence-electron chi connectivity index (χ2n) is 4.41. The van der Waals surface area contributed by atoms with Crippen LogP contribution in [0.1, 0.15) is 23.1 Å². The number of thiazole rings is 1. The monoisotopic (exact) mass is 310 g/mol. The van der Waals surface area contributed by atoms with E-state index in [0.29, 0.717) is 16.1 Å². The smallest absolute Gasteiger partial charge is 0.306 e. The Morgan fingerprint density at radius 3 is 2.62 bits per heavy atom. The molecule has 1 N–H and O–H groups in total. The van der Waals surface area contributed by atoms with Crippen LogP contribution in [0, 0.1) is 5.92 Å². The summed E-state index contributed by atoms with van der Waals surface area (Å²) in [5, 5.41) is 9.08. The number of ketones is 1. The number of carbonyl (C=O) groups is 2. The predicted octanol–water partition coefficient (Wildman–Crippen LogP) is 2.00. The number of fused-ring (bicyclic) bond motifs is 1. The van der Waals surface area contributed by atoms with E-state index in [2.05, 4.69) is 9.97 Å². The SMILES string of the molecule is COc1cc2sc(C(=O)C[C@@H](C)C(=O)O)nc2nc1OC. The lowest BCUT2D eigenvalue weighted by atomic mass is 10.1. The molecule has 1 atom stereocenters. The number of carbonyl (C=O) groups excluding carboxylic acids is 1. The van der Waals surface area contributed by atoms with Crippen LogP contribution in [0.15, 0.2) is 6.07 Å². The molecule has 2 heterocycles. The Labute approximate surface area is 124 Å². The van der Waals surface area contributed by atoms with E-state index in [1.807, 2.05) is 0 Å². The molecule has 0 aliphatic rings. The zero-order chi connectivity index (χ0) is 15.6.